The zero-order chi connectivity index (χ0) is 20.1. The van der Waals surface area contributed by atoms with Crippen molar-refractivity contribution in [3.8, 4) is 0 Å². The molecule has 0 fully saturated rings. The molecule has 0 saturated heterocycles. The maximum absolute atomic E-state index is 11.5. The fourth-order valence-corrected chi connectivity index (χ4v) is 2.92. The zero-order valence-electron chi connectivity index (χ0n) is 14.6. The summed E-state index contributed by atoms with van der Waals surface area (Å²) >= 11 is 0. The van der Waals surface area contributed by atoms with Gasteiger partial charge in [0.2, 0.25) is 0 Å². The van der Waals surface area contributed by atoms with Gasteiger partial charge in [0.1, 0.15) is 18.5 Å². The summed E-state index contributed by atoms with van der Waals surface area (Å²) in [6, 6.07) is 5.87. The molecule has 10 heteroatoms. The Bertz CT molecular complexity index is 830. The van der Waals surface area contributed by atoms with E-state index >= 15 is 0 Å². The third-order valence-electron chi connectivity index (χ3n) is 3.90. The van der Waals surface area contributed by atoms with Crippen LogP contribution in [0.2, 0.25) is 0 Å². The van der Waals surface area contributed by atoms with E-state index in [2.05, 4.69) is 4.99 Å². The van der Waals surface area contributed by atoms with Gasteiger partial charge in [-0.3, -0.25) is 15.1 Å². The fraction of sp³-hybridized carbons (Fsp3) is 0.353. The van der Waals surface area contributed by atoms with Gasteiger partial charge >= 0.3 is 11.9 Å². The van der Waals surface area contributed by atoms with Crippen LogP contribution >= 0.6 is 0 Å². The molecule has 1 aromatic rings. The molecule has 1 heterocycles. The summed E-state index contributed by atoms with van der Waals surface area (Å²) in [5, 5.41) is 29.3. The Morgan fingerprint density at radius 2 is 1.81 bits per heavy atom. The van der Waals surface area contributed by atoms with Crippen molar-refractivity contribution >= 4 is 23.3 Å². The van der Waals surface area contributed by atoms with Gasteiger partial charge in [0.25, 0.3) is 5.69 Å². The predicted octanol–water partition coefficient (Wildman–Crippen LogP) is 1.96. The Morgan fingerprint density at radius 3 is 2.41 bits per heavy atom. The van der Waals surface area contributed by atoms with Crippen LogP contribution in [0.4, 0.5) is 5.69 Å². The van der Waals surface area contributed by atoms with E-state index in [1.165, 1.54) is 18.2 Å². The second-order valence-corrected chi connectivity index (χ2v) is 5.80. The Hall–Kier alpha value is -3.27. The van der Waals surface area contributed by atoms with Gasteiger partial charge in [-0.25, -0.2) is 9.59 Å². The Kier molecular flexibility index (Phi) is 6.24. The molecule has 2 atom stereocenters. The summed E-state index contributed by atoms with van der Waals surface area (Å²) in [6.07, 6.45) is -0.963. The number of aliphatic imine (C=N–C) groups is 1. The topological polar surface area (TPSA) is 149 Å². The van der Waals surface area contributed by atoms with E-state index in [-0.39, 0.29) is 17.0 Å². The molecule has 0 saturated carbocycles. The van der Waals surface area contributed by atoms with E-state index in [0.29, 0.717) is 11.4 Å². The number of rotatable bonds is 8. The Balaban J connectivity index is 2.58. The Morgan fingerprint density at radius 1 is 1.19 bits per heavy atom. The van der Waals surface area contributed by atoms with Gasteiger partial charge in [-0.1, -0.05) is 18.2 Å². The first-order valence-corrected chi connectivity index (χ1v) is 7.89. The van der Waals surface area contributed by atoms with E-state index in [4.69, 9.17) is 19.7 Å². The minimum atomic E-state index is -1.23. The molecule has 144 valence electrons. The normalized spacial score (nSPS) is 19.4. The number of nitrogens with zero attached hydrogens (tertiary/aromatic N) is 2. The van der Waals surface area contributed by atoms with E-state index in [1.54, 1.807) is 19.9 Å². The molecule has 0 bridgehead atoms. The number of nitro benzene ring substituents is 1. The lowest BCUT2D eigenvalue weighted by atomic mass is 9.85. The first kappa shape index (κ1) is 20.0. The van der Waals surface area contributed by atoms with Crippen LogP contribution in [0.25, 0.3) is 0 Å². The lowest BCUT2D eigenvalue weighted by Crippen LogP contribution is -2.36. The minimum absolute atomic E-state index is 0.0905. The minimum Gasteiger partial charge on any atom is -0.484 e. The third kappa shape index (κ3) is 4.67. The molecule has 0 aliphatic carbocycles. The van der Waals surface area contributed by atoms with Crippen molar-refractivity contribution in [3.63, 3.8) is 0 Å². The molecule has 2 unspecified atom stereocenters. The fourth-order valence-electron chi connectivity index (χ4n) is 2.92. The van der Waals surface area contributed by atoms with Gasteiger partial charge in [-0.2, -0.15) is 0 Å². The molecule has 10 nitrogen and oxygen atoms in total. The SMILES string of the molecule is CC1=NC(C)=C(OCC(=O)O)C(c2ccccc2[N+](=O)[O-])C1OCC(=O)O. The number of aliphatic carboxylic acids is 2. The van der Waals surface area contributed by atoms with Gasteiger partial charge < -0.3 is 19.7 Å². The highest BCUT2D eigenvalue weighted by molar-refractivity contribution is 5.90. The highest BCUT2D eigenvalue weighted by atomic mass is 16.6. The maximum atomic E-state index is 11.5. The van der Waals surface area contributed by atoms with Crippen LogP contribution in [-0.4, -0.2) is 52.1 Å². The predicted molar refractivity (Wildman–Crippen MR) is 92.6 cm³/mol. The highest BCUT2D eigenvalue weighted by Crippen LogP contribution is 2.40. The quantitative estimate of drug-likeness (QED) is 0.515. The summed E-state index contributed by atoms with van der Waals surface area (Å²) in [5.74, 6) is -3.27. The number of carbonyl (C=O) groups is 2. The summed E-state index contributed by atoms with van der Waals surface area (Å²) in [4.78, 5) is 37.0. The van der Waals surface area contributed by atoms with Crippen molar-refractivity contribution in [1.29, 1.82) is 0 Å². The van der Waals surface area contributed by atoms with Crippen LogP contribution in [0.5, 0.6) is 0 Å². The summed E-state index contributed by atoms with van der Waals surface area (Å²) < 4.78 is 10.8. The summed E-state index contributed by atoms with van der Waals surface area (Å²) in [6.45, 7) is 1.85. The molecule has 0 radical (unpaired) electrons. The van der Waals surface area contributed by atoms with Gasteiger partial charge in [0, 0.05) is 17.3 Å². The van der Waals surface area contributed by atoms with Crippen LogP contribution in [0.3, 0.4) is 0 Å². The standard InChI is InChI=1S/C17H18N2O8/c1-9-16(26-7-13(20)21)15(11-5-3-4-6-12(11)19(24)25)17(10(2)18-9)27-8-14(22)23/h3-6,15-16H,7-8H2,1-2H3,(H,20,21)(H,22,23). The first-order chi connectivity index (χ1) is 12.7. The van der Waals surface area contributed by atoms with Gasteiger partial charge in [-0.05, 0) is 13.8 Å². The molecule has 1 aliphatic heterocycles. The molecule has 1 aliphatic rings. The smallest absolute Gasteiger partial charge is 0.341 e. The Labute approximate surface area is 153 Å². The highest BCUT2D eigenvalue weighted by Gasteiger charge is 2.39. The number of benzene rings is 1. The first-order valence-electron chi connectivity index (χ1n) is 7.89. The zero-order valence-corrected chi connectivity index (χ0v) is 14.6. The van der Waals surface area contributed by atoms with Crippen molar-refractivity contribution in [2.75, 3.05) is 13.2 Å². The maximum Gasteiger partial charge on any atom is 0.341 e. The van der Waals surface area contributed by atoms with Crippen LogP contribution < -0.4 is 0 Å². The molecule has 1 aromatic carbocycles. The van der Waals surface area contributed by atoms with Crippen LogP contribution in [0.1, 0.15) is 25.3 Å². The number of hydrogen-bond acceptors (Lipinski definition) is 7. The largest absolute Gasteiger partial charge is 0.484 e. The average Bonchev–Trinajstić information content (AvgIpc) is 2.59. The van der Waals surface area contributed by atoms with Gasteiger partial charge in [0.05, 0.1) is 16.5 Å². The molecule has 0 spiro atoms. The van der Waals surface area contributed by atoms with E-state index in [9.17, 15) is 19.7 Å². The van der Waals surface area contributed by atoms with E-state index in [0.717, 1.165) is 0 Å². The number of allylic oxidation sites excluding steroid dienone is 1. The van der Waals surface area contributed by atoms with Gasteiger partial charge in [-0.15, -0.1) is 0 Å². The number of carboxylic acid groups (broad SMARTS) is 2. The lowest BCUT2D eigenvalue weighted by Gasteiger charge is -2.32. The lowest BCUT2D eigenvalue weighted by molar-refractivity contribution is -0.385. The van der Waals surface area contributed by atoms with Crippen LogP contribution in [0.15, 0.2) is 40.7 Å². The van der Waals surface area contributed by atoms with E-state index < -0.39 is 42.1 Å². The second kappa shape index (κ2) is 8.41. The number of nitro groups is 1. The molecule has 27 heavy (non-hydrogen) atoms. The van der Waals surface area contributed by atoms with Crippen molar-refractivity contribution in [1.82, 2.24) is 0 Å². The molecule has 2 N–H and O–H groups in total. The molecular formula is C17H18N2O8. The number of para-hydroxylation sites is 1. The van der Waals surface area contributed by atoms with Crippen LogP contribution in [-0.2, 0) is 19.1 Å². The molecular weight excluding hydrogens is 360 g/mol. The van der Waals surface area contributed by atoms with Crippen molar-refractivity contribution in [2.24, 2.45) is 4.99 Å². The average molecular weight is 378 g/mol. The molecule has 0 aromatic heterocycles. The van der Waals surface area contributed by atoms with E-state index in [1.807, 2.05) is 0 Å². The van der Waals surface area contributed by atoms with Crippen LogP contribution in [0, 0.1) is 10.1 Å². The second-order valence-electron chi connectivity index (χ2n) is 5.80. The van der Waals surface area contributed by atoms with Crippen molar-refractivity contribution in [2.45, 2.75) is 25.9 Å². The number of carboxylic acids is 2. The summed E-state index contributed by atoms with van der Waals surface area (Å²) in [5.41, 5.74) is 0.740. The third-order valence-corrected chi connectivity index (χ3v) is 3.90. The number of hydrogen-bond donors (Lipinski definition) is 2. The van der Waals surface area contributed by atoms with Gasteiger partial charge in [0.15, 0.2) is 6.61 Å². The summed E-state index contributed by atoms with van der Waals surface area (Å²) in [7, 11) is 0. The number of ether oxygens (including phenoxy) is 2. The monoisotopic (exact) mass is 378 g/mol. The van der Waals surface area contributed by atoms with Crippen molar-refractivity contribution in [3.05, 3.63) is 51.4 Å². The molecule has 2 rings (SSSR count). The molecule has 0 amide bonds. The van der Waals surface area contributed by atoms with Crippen molar-refractivity contribution < 1.29 is 34.2 Å².